The topological polar surface area (TPSA) is 90.7 Å². The number of hydrogen-bond acceptors (Lipinski definition) is 5. The summed E-state index contributed by atoms with van der Waals surface area (Å²) in [6, 6.07) is 10.2. The summed E-state index contributed by atoms with van der Waals surface area (Å²) >= 11 is 0. The smallest absolute Gasteiger partial charge is 0.407 e. The third kappa shape index (κ3) is 11.5. The number of unbranched alkanes of at least 4 members (excludes halogenated alkanes) is 3. The molecule has 0 bridgehead atoms. The first kappa shape index (κ1) is 25.0. The highest BCUT2D eigenvalue weighted by Crippen LogP contribution is 2.22. The molecule has 0 aromatic heterocycles. The van der Waals surface area contributed by atoms with Gasteiger partial charge in [-0.2, -0.15) is 0 Å². The van der Waals surface area contributed by atoms with Crippen molar-refractivity contribution in [3.63, 3.8) is 0 Å². The summed E-state index contributed by atoms with van der Waals surface area (Å²) in [4.78, 5) is 23.2. The summed E-state index contributed by atoms with van der Waals surface area (Å²) in [6.07, 6.45) is 6.52. The fourth-order valence-corrected chi connectivity index (χ4v) is 3.12. The van der Waals surface area contributed by atoms with Crippen molar-refractivity contribution in [3.8, 4) is 0 Å². The Bertz CT molecular complexity index is 592. The standard InChI is InChI=1S/C23H38N2O4/c1-4-5-6-10-13-23(24,18-20-11-8-7-9-12-20)14-15-25-22(27)29-17-16-28-21(26)19(2)3/h7-9,11-12,19H,4-6,10,13-18,24H2,1-3H3,(H,25,27). The van der Waals surface area contributed by atoms with E-state index >= 15 is 0 Å². The van der Waals surface area contributed by atoms with Gasteiger partial charge in [-0.05, 0) is 24.8 Å². The molecule has 29 heavy (non-hydrogen) atoms. The van der Waals surface area contributed by atoms with Gasteiger partial charge in [-0.3, -0.25) is 4.79 Å². The lowest BCUT2D eigenvalue weighted by molar-refractivity contribution is -0.148. The molecule has 1 amide bonds. The lowest BCUT2D eigenvalue weighted by Crippen LogP contribution is -2.45. The van der Waals surface area contributed by atoms with E-state index in [1.807, 2.05) is 18.2 Å². The first-order valence-corrected chi connectivity index (χ1v) is 10.8. The van der Waals surface area contributed by atoms with Crippen molar-refractivity contribution < 1.29 is 19.1 Å². The van der Waals surface area contributed by atoms with Crippen LogP contribution in [0.4, 0.5) is 4.79 Å². The first-order valence-electron chi connectivity index (χ1n) is 10.8. The summed E-state index contributed by atoms with van der Waals surface area (Å²) in [6.45, 7) is 6.26. The number of nitrogens with one attached hydrogen (secondary N) is 1. The Morgan fingerprint density at radius 2 is 1.72 bits per heavy atom. The Morgan fingerprint density at radius 1 is 1.03 bits per heavy atom. The number of ether oxygens (including phenoxy) is 2. The Hall–Kier alpha value is -2.08. The van der Waals surface area contributed by atoms with Crippen LogP contribution in [0.25, 0.3) is 0 Å². The van der Waals surface area contributed by atoms with E-state index in [2.05, 4.69) is 24.4 Å². The van der Waals surface area contributed by atoms with Crippen LogP contribution in [0, 0.1) is 5.92 Å². The summed E-state index contributed by atoms with van der Waals surface area (Å²) in [5.41, 5.74) is 7.57. The zero-order valence-electron chi connectivity index (χ0n) is 18.2. The highest BCUT2D eigenvalue weighted by Gasteiger charge is 2.25. The molecule has 1 unspecified atom stereocenters. The van der Waals surface area contributed by atoms with Crippen molar-refractivity contribution in [1.29, 1.82) is 0 Å². The zero-order valence-corrected chi connectivity index (χ0v) is 18.2. The van der Waals surface area contributed by atoms with E-state index in [-0.39, 0.29) is 30.6 Å². The molecule has 1 atom stereocenters. The van der Waals surface area contributed by atoms with Crippen molar-refractivity contribution in [1.82, 2.24) is 5.32 Å². The highest BCUT2D eigenvalue weighted by molar-refractivity contribution is 5.71. The summed E-state index contributed by atoms with van der Waals surface area (Å²) in [5, 5.41) is 2.75. The third-order valence-corrected chi connectivity index (χ3v) is 4.85. The summed E-state index contributed by atoms with van der Waals surface area (Å²) in [7, 11) is 0. The van der Waals surface area contributed by atoms with Crippen LogP contribution in [0.15, 0.2) is 30.3 Å². The van der Waals surface area contributed by atoms with Crippen LogP contribution in [0.3, 0.4) is 0 Å². The second kappa shape index (κ2) is 14.0. The van der Waals surface area contributed by atoms with E-state index in [1.165, 1.54) is 24.8 Å². The van der Waals surface area contributed by atoms with Crippen LogP contribution < -0.4 is 11.1 Å². The second-order valence-electron chi connectivity index (χ2n) is 7.97. The average molecular weight is 407 g/mol. The lowest BCUT2D eigenvalue weighted by Gasteiger charge is -2.30. The van der Waals surface area contributed by atoms with Gasteiger partial charge < -0.3 is 20.5 Å². The molecule has 0 saturated carbocycles. The Labute approximate surface area is 175 Å². The number of hydrogen-bond donors (Lipinski definition) is 2. The van der Waals surface area contributed by atoms with Crippen LogP contribution in [0.2, 0.25) is 0 Å². The van der Waals surface area contributed by atoms with Crippen molar-refractivity contribution in [2.45, 2.75) is 71.3 Å². The van der Waals surface area contributed by atoms with Gasteiger partial charge >= 0.3 is 12.1 Å². The number of rotatable bonds is 14. The summed E-state index contributed by atoms with van der Waals surface area (Å²) in [5.74, 6) is -0.491. The molecule has 0 aliphatic heterocycles. The minimum Gasteiger partial charge on any atom is -0.462 e. The average Bonchev–Trinajstić information content (AvgIpc) is 2.69. The van der Waals surface area contributed by atoms with Gasteiger partial charge in [0.05, 0.1) is 5.92 Å². The van der Waals surface area contributed by atoms with E-state index in [0.29, 0.717) is 13.0 Å². The van der Waals surface area contributed by atoms with Crippen molar-refractivity contribution in [2.75, 3.05) is 19.8 Å². The molecule has 0 heterocycles. The quantitative estimate of drug-likeness (QED) is 0.357. The zero-order chi connectivity index (χ0) is 21.5. The monoisotopic (exact) mass is 406 g/mol. The van der Waals surface area contributed by atoms with Gasteiger partial charge in [0.25, 0.3) is 0 Å². The fraction of sp³-hybridized carbons (Fsp3) is 0.652. The molecule has 0 aliphatic carbocycles. The van der Waals surface area contributed by atoms with Crippen LogP contribution in [0.1, 0.15) is 64.9 Å². The van der Waals surface area contributed by atoms with Crippen LogP contribution in [-0.2, 0) is 20.7 Å². The van der Waals surface area contributed by atoms with Gasteiger partial charge in [0, 0.05) is 12.1 Å². The van der Waals surface area contributed by atoms with Crippen molar-refractivity contribution in [3.05, 3.63) is 35.9 Å². The number of alkyl carbamates (subject to hydrolysis) is 1. The maximum absolute atomic E-state index is 11.9. The van der Waals surface area contributed by atoms with Crippen molar-refractivity contribution >= 4 is 12.1 Å². The predicted octanol–water partition coefficient (Wildman–Crippen LogP) is 4.21. The summed E-state index contributed by atoms with van der Waals surface area (Å²) < 4.78 is 10.0. The molecular formula is C23H38N2O4. The number of benzene rings is 1. The second-order valence-corrected chi connectivity index (χ2v) is 7.97. The molecule has 0 radical (unpaired) electrons. The molecule has 0 aliphatic rings. The first-order chi connectivity index (χ1) is 13.9. The number of carbonyl (C=O) groups excluding carboxylic acids is 2. The Kier molecular flexibility index (Phi) is 12.0. The predicted molar refractivity (Wildman–Crippen MR) is 116 cm³/mol. The molecule has 0 fully saturated rings. The molecule has 1 aromatic carbocycles. The van der Waals surface area contributed by atoms with Gasteiger partial charge in [-0.15, -0.1) is 0 Å². The maximum Gasteiger partial charge on any atom is 0.407 e. The SMILES string of the molecule is CCCCCCC(N)(CCNC(=O)OCCOC(=O)C(C)C)Cc1ccccc1. The van der Waals surface area contributed by atoms with Crippen LogP contribution >= 0.6 is 0 Å². The van der Waals surface area contributed by atoms with E-state index in [0.717, 1.165) is 19.3 Å². The minimum atomic E-state index is -0.515. The van der Waals surface area contributed by atoms with Gasteiger partial charge in [0.1, 0.15) is 13.2 Å². The molecule has 6 nitrogen and oxygen atoms in total. The highest BCUT2D eigenvalue weighted by atomic mass is 16.6. The normalized spacial score (nSPS) is 13.0. The molecule has 1 rings (SSSR count). The number of nitrogens with two attached hydrogens (primary N) is 1. The lowest BCUT2D eigenvalue weighted by atomic mass is 9.83. The van der Waals surface area contributed by atoms with Gasteiger partial charge in [0.15, 0.2) is 0 Å². The van der Waals surface area contributed by atoms with Gasteiger partial charge in [-0.25, -0.2) is 4.79 Å². The molecule has 0 spiro atoms. The third-order valence-electron chi connectivity index (χ3n) is 4.85. The molecular weight excluding hydrogens is 368 g/mol. The molecule has 0 saturated heterocycles. The number of carbonyl (C=O) groups is 2. The van der Waals surface area contributed by atoms with E-state index < -0.39 is 6.09 Å². The Balaban J connectivity index is 2.40. The minimum absolute atomic E-state index is 0.0408. The maximum atomic E-state index is 11.9. The van der Waals surface area contributed by atoms with Crippen LogP contribution in [0.5, 0.6) is 0 Å². The van der Waals surface area contributed by atoms with E-state index in [4.69, 9.17) is 15.2 Å². The fourth-order valence-electron chi connectivity index (χ4n) is 3.12. The van der Waals surface area contributed by atoms with Crippen molar-refractivity contribution in [2.24, 2.45) is 11.7 Å². The van der Waals surface area contributed by atoms with Gasteiger partial charge in [-0.1, -0.05) is 76.8 Å². The molecule has 1 aromatic rings. The largest absolute Gasteiger partial charge is 0.462 e. The molecule has 6 heteroatoms. The molecule has 3 N–H and O–H groups in total. The van der Waals surface area contributed by atoms with E-state index in [9.17, 15) is 9.59 Å². The Morgan fingerprint density at radius 3 is 2.38 bits per heavy atom. The molecule has 164 valence electrons. The number of amides is 1. The van der Waals surface area contributed by atoms with Gasteiger partial charge in [0.2, 0.25) is 0 Å². The number of esters is 1. The van der Waals surface area contributed by atoms with Crippen LogP contribution in [-0.4, -0.2) is 37.4 Å². The van der Waals surface area contributed by atoms with E-state index in [1.54, 1.807) is 13.8 Å².